The Hall–Kier alpha value is -1.81. The number of methoxy groups -OCH3 is 1. The Morgan fingerprint density at radius 3 is 2.64 bits per heavy atom. The van der Waals surface area contributed by atoms with Crippen LogP contribution in [0.3, 0.4) is 0 Å². The highest BCUT2D eigenvalue weighted by Crippen LogP contribution is 2.56. The van der Waals surface area contributed by atoms with Crippen molar-refractivity contribution in [1.29, 1.82) is 0 Å². The van der Waals surface area contributed by atoms with Gasteiger partial charge < -0.3 is 14.9 Å². The van der Waals surface area contributed by atoms with E-state index >= 15 is 0 Å². The Kier molecular flexibility index (Phi) is 4.44. The van der Waals surface area contributed by atoms with E-state index in [0.29, 0.717) is 29.5 Å². The van der Waals surface area contributed by atoms with Crippen LogP contribution in [-0.2, 0) is 16.6 Å². The monoisotopic (exact) mass is 344 g/mol. The molecule has 0 heterocycles. The first-order valence-electron chi connectivity index (χ1n) is 9.01. The molecule has 3 rings (SSSR count). The van der Waals surface area contributed by atoms with Gasteiger partial charge >= 0.3 is 0 Å². The van der Waals surface area contributed by atoms with Crippen molar-refractivity contribution in [3.05, 3.63) is 33.9 Å². The van der Waals surface area contributed by atoms with Crippen LogP contribution in [0.25, 0.3) is 0 Å². The van der Waals surface area contributed by atoms with Crippen molar-refractivity contribution in [3.8, 4) is 11.5 Å². The number of ketones is 1. The zero-order chi connectivity index (χ0) is 18.5. The maximum absolute atomic E-state index is 12.9. The Bertz CT molecular complexity index is 762. The van der Waals surface area contributed by atoms with Crippen molar-refractivity contribution in [1.82, 2.24) is 0 Å². The number of ether oxygens (including phenoxy) is 1. The smallest absolute Gasteiger partial charge is 0.163 e. The summed E-state index contributed by atoms with van der Waals surface area (Å²) < 4.78 is 5.27. The van der Waals surface area contributed by atoms with Crippen LogP contribution >= 0.6 is 0 Å². The van der Waals surface area contributed by atoms with Gasteiger partial charge in [0.1, 0.15) is 0 Å². The average molecular weight is 344 g/mol. The molecule has 2 aliphatic rings. The summed E-state index contributed by atoms with van der Waals surface area (Å²) in [6, 6.07) is 1.77. The number of carbonyl (C=O) groups is 1. The SMILES string of the molecule is COC(C)Cc1cc2c(c(O)c1O)[C@]1(C)CCC(C)=C(C)[C@H]1CC2=O. The van der Waals surface area contributed by atoms with Crippen molar-refractivity contribution in [2.24, 2.45) is 5.92 Å². The molecule has 0 aromatic heterocycles. The normalized spacial score (nSPS) is 27.1. The van der Waals surface area contributed by atoms with Crippen molar-refractivity contribution in [3.63, 3.8) is 0 Å². The van der Waals surface area contributed by atoms with Gasteiger partial charge in [-0.15, -0.1) is 0 Å². The Balaban J connectivity index is 2.18. The molecule has 2 aliphatic carbocycles. The van der Waals surface area contributed by atoms with Gasteiger partial charge in [0.25, 0.3) is 0 Å². The van der Waals surface area contributed by atoms with Gasteiger partial charge in [0, 0.05) is 42.1 Å². The summed E-state index contributed by atoms with van der Waals surface area (Å²) in [6.45, 7) is 8.24. The molecule has 0 saturated heterocycles. The Morgan fingerprint density at radius 1 is 1.32 bits per heavy atom. The summed E-state index contributed by atoms with van der Waals surface area (Å²) in [5.74, 6) is -0.0894. The number of hydrogen-bond acceptors (Lipinski definition) is 4. The van der Waals surface area contributed by atoms with Gasteiger partial charge in [0.15, 0.2) is 17.3 Å². The average Bonchev–Trinajstić information content (AvgIpc) is 2.58. The third-order valence-corrected chi connectivity index (χ3v) is 6.51. The largest absolute Gasteiger partial charge is 0.504 e. The second-order valence-corrected chi connectivity index (χ2v) is 7.97. The first-order valence-corrected chi connectivity index (χ1v) is 9.01. The number of carbonyl (C=O) groups excluding carboxylic acids is 1. The standard InChI is InChI=1S/C21H28O4/c1-11-6-7-21(4)16(13(11)3)10-17(22)15-9-14(8-12(2)25-5)19(23)20(24)18(15)21/h9,12,16,23-24H,6-8,10H2,1-5H3/t12?,16-,21-/m1/s1. The minimum Gasteiger partial charge on any atom is -0.504 e. The lowest BCUT2D eigenvalue weighted by Gasteiger charge is -2.47. The van der Waals surface area contributed by atoms with E-state index in [1.54, 1.807) is 13.2 Å². The van der Waals surface area contributed by atoms with Crippen LogP contribution < -0.4 is 0 Å². The molecule has 4 heteroatoms. The topological polar surface area (TPSA) is 66.8 Å². The number of phenols is 2. The van der Waals surface area contributed by atoms with Crippen molar-refractivity contribution in [2.75, 3.05) is 7.11 Å². The van der Waals surface area contributed by atoms with Crippen LogP contribution in [0.5, 0.6) is 11.5 Å². The first kappa shape index (κ1) is 18.0. The van der Waals surface area contributed by atoms with Crippen LogP contribution in [0.4, 0.5) is 0 Å². The maximum atomic E-state index is 12.9. The molecule has 1 aromatic rings. The van der Waals surface area contributed by atoms with E-state index in [9.17, 15) is 15.0 Å². The molecule has 25 heavy (non-hydrogen) atoms. The second-order valence-electron chi connectivity index (χ2n) is 7.97. The molecule has 0 radical (unpaired) electrons. The molecule has 1 aromatic carbocycles. The number of benzene rings is 1. The minimum absolute atomic E-state index is 0.0492. The summed E-state index contributed by atoms with van der Waals surface area (Å²) >= 11 is 0. The van der Waals surface area contributed by atoms with Crippen LogP contribution in [0.1, 0.15) is 68.4 Å². The van der Waals surface area contributed by atoms with E-state index in [1.807, 2.05) is 6.92 Å². The summed E-state index contributed by atoms with van der Waals surface area (Å²) in [5, 5.41) is 21.4. The fourth-order valence-electron chi connectivity index (χ4n) is 4.63. The minimum atomic E-state index is -0.320. The fraction of sp³-hybridized carbons (Fsp3) is 0.571. The summed E-state index contributed by atoms with van der Waals surface area (Å²) in [6.07, 6.45) is 2.65. The van der Waals surface area contributed by atoms with Crippen LogP contribution in [-0.4, -0.2) is 29.2 Å². The van der Waals surface area contributed by atoms with E-state index in [4.69, 9.17) is 4.74 Å². The van der Waals surface area contributed by atoms with Gasteiger partial charge in [-0.05, 0) is 45.6 Å². The van der Waals surface area contributed by atoms with E-state index in [-0.39, 0.29) is 34.7 Å². The van der Waals surface area contributed by atoms with E-state index in [0.717, 1.165) is 12.8 Å². The highest BCUT2D eigenvalue weighted by Gasteiger charge is 2.48. The van der Waals surface area contributed by atoms with Crippen molar-refractivity contribution < 1.29 is 19.7 Å². The van der Waals surface area contributed by atoms with Crippen LogP contribution in [0.2, 0.25) is 0 Å². The molecule has 0 spiro atoms. The molecule has 1 unspecified atom stereocenters. The quantitative estimate of drug-likeness (QED) is 0.635. The zero-order valence-corrected chi connectivity index (χ0v) is 15.8. The fourth-order valence-corrected chi connectivity index (χ4v) is 4.63. The van der Waals surface area contributed by atoms with Gasteiger partial charge in [-0.2, -0.15) is 0 Å². The molecule has 0 saturated carbocycles. The van der Waals surface area contributed by atoms with E-state index in [1.165, 1.54) is 11.1 Å². The molecule has 4 nitrogen and oxygen atoms in total. The third-order valence-electron chi connectivity index (χ3n) is 6.51. The Morgan fingerprint density at radius 2 is 2.00 bits per heavy atom. The van der Waals surface area contributed by atoms with Gasteiger partial charge in [0.2, 0.25) is 0 Å². The molecular weight excluding hydrogens is 316 g/mol. The lowest BCUT2D eigenvalue weighted by atomic mass is 9.56. The van der Waals surface area contributed by atoms with E-state index in [2.05, 4.69) is 20.8 Å². The number of Topliss-reactive ketones (excluding diaryl/α,β-unsaturated/α-hetero) is 1. The molecular formula is C21H28O4. The summed E-state index contributed by atoms with van der Waals surface area (Å²) in [7, 11) is 1.61. The lowest BCUT2D eigenvalue weighted by molar-refractivity contribution is 0.0907. The van der Waals surface area contributed by atoms with Crippen LogP contribution in [0, 0.1) is 5.92 Å². The number of phenolic OH excluding ortho intramolecular Hbond substituents is 2. The van der Waals surface area contributed by atoms with Gasteiger partial charge in [0.05, 0.1) is 6.10 Å². The van der Waals surface area contributed by atoms with Gasteiger partial charge in [-0.3, -0.25) is 4.79 Å². The Labute approximate surface area is 149 Å². The predicted octanol–water partition coefficient (Wildman–Crippen LogP) is 4.27. The van der Waals surface area contributed by atoms with E-state index < -0.39 is 0 Å². The van der Waals surface area contributed by atoms with Crippen molar-refractivity contribution >= 4 is 5.78 Å². The second kappa shape index (κ2) is 6.17. The first-order chi connectivity index (χ1) is 11.7. The summed E-state index contributed by atoms with van der Waals surface area (Å²) in [5.41, 5.74) is 4.04. The molecule has 0 amide bonds. The van der Waals surface area contributed by atoms with Crippen molar-refractivity contribution in [2.45, 2.75) is 64.9 Å². The highest BCUT2D eigenvalue weighted by molar-refractivity contribution is 6.01. The molecule has 3 atom stereocenters. The highest BCUT2D eigenvalue weighted by atomic mass is 16.5. The molecule has 0 aliphatic heterocycles. The summed E-state index contributed by atoms with van der Waals surface area (Å²) in [4.78, 5) is 12.9. The molecule has 136 valence electrons. The molecule has 0 fully saturated rings. The molecule has 2 N–H and O–H groups in total. The molecule has 0 bridgehead atoms. The zero-order valence-electron chi connectivity index (χ0n) is 15.8. The number of fused-ring (bicyclic) bond motifs is 3. The third kappa shape index (κ3) is 2.67. The lowest BCUT2D eigenvalue weighted by Crippen LogP contribution is -2.42. The number of rotatable bonds is 3. The maximum Gasteiger partial charge on any atom is 0.163 e. The predicted molar refractivity (Wildman–Crippen MR) is 97.3 cm³/mol. The number of hydrogen-bond donors (Lipinski definition) is 2. The van der Waals surface area contributed by atoms with Gasteiger partial charge in [-0.25, -0.2) is 0 Å². The van der Waals surface area contributed by atoms with Gasteiger partial charge in [-0.1, -0.05) is 18.1 Å². The van der Waals surface area contributed by atoms with Crippen LogP contribution in [0.15, 0.2) is 17.2 Å². The number of aromatic hydroxyl groups is 2. The number of allylic oxidation sites excluding steroid dienone is 2.